The lowest BCUT2D eigenvalue weighted by atomic mass is 10.0. The van der Waals surface area contributed by atoms with Gasteiger partial charge in [-0.2, -0.15) is 0 Å². The van der Waals surface area contributed by atoms with E-state index in [0.717, 1.165) is 16.7 Å². The Bertz CT molecular complexity index is 1010. The summed E-state index contributed by atoms with van der Waals surface area (Å²) in [5.74, 6) is -0.506. The van der Waals surface area contributed by atoms with E-state index in [-0.39, 0.29) is 23.0 Å². The number of carbonyl (C=O) groups is 1. The number of halogens is 2. The van der Waals surface area contributed by atoms with Gasteiger partial charge in [0.25, 0.3) is 0 Å². The molecule has 4 rings (SSSR count). The van der Waals surface area contributed by atoms with Gasteiger partial charge in [-0.15, -0.1) is 0 Å². The molecule has 0 aliphatic carbocycles. The zero-order valence-corrected chi connectivity index (χ0v) is 16.7. The fourth-order valence-electron chi connectivity index (χ4n) is 3.65. The summed E-state index contributed by atoms with van der Waals surface area (Å²) in [5.41, 5.74) is 3.98. The Kier molecular flexibility index (Phi) is 5.60. The van der Waals surface area contributed by atoms with E-state index in [1.54, 1.807) is 23.4 Å². The van der Waals surface area contributed by atoms with Crippen molar-refractivity contribution in [3.8, 4) is 11.1 Å². The van der Waals surface area contributed by atoms with Crippen molar-refractivity contribution in [2.24, 2.45) is 0 Å². The predicted octanol–water partition coefficient (Wildman–Crippen LogP) is 5.00. The van der Waals surface area contributed by atoms with Crippen LogP contribution in [0.25, 0.3) is 11.1 Å². The summed E-state index contributed by atoms with van der Waals surface area (Å²) in [7, 11) is 0. The molecule has 0 saturated carbocycles. The topological polar surface area (TPSA) is 45.2 Å². The molecule has 1 aliphatic rings. The van der Waals surface area contributed by atoms with Crippen LogP contribution in [0.1, 0.15) is 24.9 Å². The maximum atomic E-state index is 13.4. The summed E-state index contributed by atoms with van der Waals surface area (Å²) in [6.45, 7) is 2.62. The number of amides is 1. The molecule has 1 N–H and O–H groups in total. The van der Waals surface area contributed by atoms with Gasteiger partial charge in [0.05, 0.1) is 11.1 Å². The van der Waals surface area contributed by atoms with Crippen LogP contribution >= 0.6 is 11.6 Å². The first-order valence-corrected chi connectivity index (χ1v) is 9.93. The molecular weight excluding hydrogens is 389 g/mol. The lowest BCUT2D eigenvalue weighted by molar-refractivity contribution is -0.119. The van der Waals surface area contributed by atoms with Crippen LogP contribution in [-0.4, -0.2) is 23.5 Å². The van der Waals surface area contributed by atoms with Crippen molar-refractivity contribution in [2.75, 3.05) is 11.4 Å². The van der Waals surface area contributed by atoms with Gasteiger partial charge in [-0.1, -0.05) is 35.9 Å². The molecule has 1 saturated heterocycles. The van der Waals surface area contributed by atoms with Crippen molar-refractivity contribution < 1.29 is 9.18 Å². The molecule has 1 amide bonds. The van der Waals surface area contributed by atoms with Crippen LogP contribution in [0.2, 0.25) is 5.02 Å². The summed E-state index contributed by atoms with van der Waals surface area (Å²) >= 11 is 5.87. The van der Waals surface area contributed by atoms with Crippen molar-refractivity contribution in [3.05, 3.63) is 83.4 Å². The summed E-state index contributed by atoms with van der Waals surface area (Å²) in [6, 6.07) is 16.4. The molecule has 0 bridgehead atoms. The highest BCUT2D eigenvalue weighted by molar-refractivity contribution is 6.31. The number of aromatic nitrogens is 1. The molecule has 29 heavy (non-hydrogen) atoms. The van der Waals surface area contributed by atoms with Gasteiger partial charge in [-0.05, 0) is 60.4 Å². The Hall–Kier alpha value is -2.76. The highest BCUT2D eigenvalue weighted by atomic mass is 35.5. The Morgan fingerprint density at radius 3 is 2.48 bits per heavy atom. The third-order valence-corrected chi connectivity index (χ3v) is 5.59. The fraction of sp³-hybridized carbons (Fsp3) is 0.217. The molecule has 148 valence electrons. The average molecular weight is 410 g/mol. The minimum absolute atomic E-state index is 0.0204. The van der Waals surface area contributed by atoms with Gasteiger partial charge in [0.2, 0.25) is 5.91 Å². The number of hydrogen-bond donors (Lipinski definition) is 1. The lowest BCUT2D eigenvalue weighted by Gasteiger charge is -2.21. The van der Waals surface area contributed by atoms with E-state index >= 15 is 0 Å². The van der Waals surface area contributed by atoms with E-state index in [1.807, 2.05) is 19.1 Å². The molecule has 3 aromatic rings. The first-order valence-electron chi connectivity index (χ1n) is 9.56. The fourth-order valence-corrected chi connectivity index (χ4v) is 3.83. The zero-order valence-electron chi connectivity index (χ0n) is 16.0. The van der Waals surface area contributed by atoms with Crippen LogP contribution in [0.5, 0.6) is 0 Å². The summed E-state index contributed by atoms with van der Waals surface area (Å²) in [4.78, 5) is 18.5. The number of anilines is 1. The Morgan fingerprint density at radius 1 is 1.10 bits per heavy atom. The number of pyridine rings is 1. The van der Waals surface area contributed by atoms with Crippen LogP contribution in [0.4, 0.5) is 10.1 Å². The molecular formula is C23H21ClFN3O. The molecule has 1 fully saturated rings. The smallest absolute Gasteiger partial charge is 0.244 e. The zero-order chi connectivity index (χ0) is 20.4. The molecule has 4 nitrogen and oxygen atoms in total. The third kappa shape index (κ3) is 4.16. The molecule has 2 unspecified atom stereocenters. The molecule has 2 aromatic carbocycles. The van der Waals surface area contributed by atoms with E-state index in [1.165, 1.54) is 12.1 Å². The van der Waals surface area contributed by atoms with Crippen LogP contribution in [0.15, 0.2) is 67.0 Å². The summed E-state index contributed by atoms with van der Waals surface area (Å²) < 4.78 is 13.4. The minimum Gasteiger partial charge on any atom is -0.311 e. The van der Waals surface area contributed by atoms with E-state index in [0.29, 0.717) is 18.7 Å². The van der Waals surface area contributed by atoms with Crippen molar-refractivity contribution >= 4 is 23.2 Å². The van der Waals surface area contributed by atoms with Crippen molar-refractivity contribution in [2.45, 2.75) is 25.4 Å². The standard InChI is InChI=1S/C23H21ClFN3O/c1-15(16-2-4-17(5-3-16)18-8-11-26-12-9-18)27-22-10-13-28(23(22)29)19-6-7-21(25)20(24)14-19/h2-9,11-12,14-15,22,27H,10,13H2,1H3. The van der Waals surface area contributed by atoms with Gasteiger partial charge in [-0.3, -0.25) is 15.1 Å². The van der Waals surface area contributed by atoms with Crippen LogP contribution in [0, 0.1) is 5.82 Å². The van der Waals surface area contributed by atoms with Crippen molar-refractivity contribution in [1.82, 2.24) is 10.3 Å². The van der Waals surface area contributed by atoms with Crippen LogP contribution in [0.3, 0.4) is 0 Å². The lowest BCUT2D eigenvalue weighted by Crippen LogP contribution is -2.39. The normalized spacial score (nSPS) is 17.6. The molecule has 1 aromatic heterocycles. The number of carbonyl (C=O) groups excluding carboxylic acids is 1. The summed E-state index contributed by atoms with van der Waals surface area (Å²) in [6.07, 6.45) is 4.24. The maximum Gasteiger partial charge on any atom is 0.244 e. The van der Waals surface area contributed by atoms with Crippen molar-refractivity contribution in [3.63, 3.8) is 0 Å². The Morgan fingerprint density at radius 2 is 1.79 bits per heavy atom. The van der Waals surface area contributed by atoms with Crippen LogP contribution in [-0.2, 0) is 4.79 Å². The maximum absolute atomic E-state index is 13.4. The van der Waals surface area contributed by atoms with Gasteiger partial charge in [-0.25, -0.2) is 4.39 Å². The molecule has 6 heteroatoms. The second-order valence-electron chi connectivity index (χ2n) is 7.18. The number of benzene rings is 2. The summed E-state index contributed by atoms with van der Waals surface area (Å²) in [5, 5.41) is 3.44. The van der Waals surface area contributed by atoms with Crippen molar-refractivity contribution in [1.29, 1.82) is 0 Å². The third-order valence-electron chi connectivity index (χ3n) is 5.30. The quantitative estimate of drug-likeness (QED) is 0.645. The Balaban J connectivity index is 1.42. The van der Waals surface area contributed by atoms with Gasteiger partial charge in [0.1, 0.15) is 5.82 Å². The first kappa shape index (κ1) is 19.6. The van der Waals surface area contributed by atoms with E-state index in [9.17, 15) is 9.18 Å². The average Bonchev–Trinajstić information content (AvgIpc) is 3.11. The number of hydrogen-bond acceptors (Lipinski definition) is 3. The largest absolute Gasteiger partial charge is 0.311 e. The molecule has 1 aliphatic heterocycles. The molecule has 0 spiro atoms. The molecule has 2 heterocycles. The highest BCUT2D eigenvalue weighted by Gasteiger charge is 2.33. The second kappa shape index (κ2) is 8.31. The first-order chi connectivity index (χ1) is 14.0. The van der Waals surface area contributed by atoms with E-state index in [4.69, 9.17) is 11.6 Å². The minimum atomic E-state index is -0.486. The van der Waals surface area contributed by atoms with Crippen LogP contribution < -0.4 is 10.2 Å². The van der Waals surface area contributed by atoms with E-state index < -0.39 is 5.82 Å². The number of rotatable bonds is 5. The Labute approximate surface area is 174 Å². The highest BCUT2D eigenvalue weighted by Crippen LogP contribution is 2.28. The number of nitrogens with one attached hydrogen (secondary N) is 1. The van der Waals surface area contributed by atoms with Gasteiger partial charge >= 0.3 is 0 Å². The van der Waals surface area contributed by atoms with Gasteiger partial charge in [0, 0.05) is 30.7 Å². The SMILES string of the molecule is CC(NC1CCN(c2ccc(F)c(Cl)c2)C1=O)c1ccc(-c2ccncc2)cc1. The predicted molar refractivity (Wildman–Crippen MR) is 113 cm³/mol. The van der Waals surface area contributed by atoms with Gasteiger partial charge < -0.3 is 4.90 Å². The molecule has 0 radical (unpaired) electrons. The molecule has 2 atom stereocenters. The van der Waals surface area contributed by atoms with Gasteiger partial charge in [0.15, 0.2) is 0 Å². The van der Waals surface area contributed by atoms with E-state index in [2.05, 4.69) is 34.6 Å². The monoisotopic (exact) mass is 409 g/mol. The number of nitrogens with zero attached hydrogens (tertiary/aromatic N) is 2. The second-order valence-corrected chi connectivity index (χ2v) is 7.58.